The van der Waals surface area contributed by atoms with Crippen LogP contribution in [0.4, 0.5) is 5.82 Å². The third-order valence-corrected chi connectivity index (χ3v) is 6.39. The predicted molar refractivity (Wildman–Crippen MR) is 119 cm³/mol. The van der Waals surface area contributed by atoms with Crippen LogP contribution in [0.2, 0.25) is 0 Å². The molecule has 1 unspecified atom stereocenters. The summed E-state index contributed by atoms with van der Waals surface area (Å²) in [6.45, 7) is 8.29. The van der Waals surface area contributed by atoms with Crippen LogP contribution in [-0.2, 0) is 4.79 Å². The van der Waals surface area contributed by atoms with Gasteiger partial charge in [0.25, 0.3) is 5.56 Å². The Hall–Kier alpha value is -2.54. The van der Waals surface area contributed by atoms with Crippen LogP contribution in [0, 0.1) is 5.41 Å². The second kappa shape index (κ2) is 7.61. The molecule has 2 N–H and O–H groups in total. The molecule has 0 fully saturated rings. The molecular weight excluding hydrogens is 398 g/mol. The van der Waals surface area contributed by atoms with Gasteiger partial charge in [-0.1, -0.05) is 57.7 Å². The van der Waals surface area contributed by atoms with Crippen molar-refractivity contribution in [1.29, 1.82) is 0 Å². The zero-order valence-corrected chi connectivity index (χ0v) is 18.8. The van der Waals surface area contributed by atoms with Crippen LogP contribution in [0.3, 0.4) is 0 Å². The molecule has 0 radical (unpaired) electrons. The fourth-order valence-electron chi connectivity index (χ4n) is 4.39. The van der Waals surface area contributed by atoms with E-state index >= 15 is 0 Å². The van der Waals surface area contributed by atoms with Gasteiger partial charge in [0.1, 0.15) is 11.6 Å². The first-order valence-electron chi connectivity index (χ1n) is 10.2. The molecule has 30 heavy (non-hydrogen) atoms. The van der Waals surface area contributed by atoms with E-state index in [1.165, 1.54) is 11.8 Å². The number of carbonyl (C=O) groups excluding carboxylic acids is 1. The van der Waals surface area contributed by atoms with Crippen molar-refractivity contribution >= 4 is 23.4 Å². The average molecular weight is 426 g/mol. The largest absolute Gasteiger partial charge is 0.496 e. The number of aromatic nitrogens is 2. The minimum atomic E-state index is -0.509. The number of ether oxygens (including phenoxy) is 1. The summed E-state index contributed by atoms with van der Waals surface area (Å²) in [5, 5.41) is 4.21. The fourth-order valence-corrected chi connectivity index (χ4v) is 5.13. The molecule has 7 heteroatoms. The highest BCUT2D eigenvalue weighted by Gasteiger charge is 2.43. The summed E-state index contributed by atoms with van der Waals surface area (Å²) < 4.78 is 5.59. The zero-order chi connectivity index (χ0) is 21.6. The van der Waals surface area contributed by atoms with Crippen molar-refractivity contribution in [2.45, 2.75) is 56.9 Å². The predicted octanol–water partition coefficient (Wildman–Crippen LogP) is 4.48. The number of methoxy groups -OCH3 is 1. The molecule has 0 bridgehead atoms. The Morgan fingerprint density at radius 1 is 1.20 bits per heavy atom. The molecule has 2 aromatic rings. The smallest absolute Gasteiger partial charge is 0.257 e. The molecule has 1 atom stereocenters. The molecule has 4 rings (SSSR count). The minimum Gasteiger partial charge on any atom is -0.496 e. The number of benzene rings is 1. The van der Waals surface area contributed by atoms with Gasteiger partial charge in [-0.15, -0.1) is 0 Å². The molecule has 0 spiro atoms. The van der Waals surface area contributed by atoms with Gasteiger partial charge < -0.3 is 15.0 Å². The molecule has 2 heterocycles. The number of hydrogen-bond acceptors (Lipinski definition) is 6. The van der Waals surface area contributed by atoms with Gasteiger partial charge >= 0.3 is 0 Å². The zero-order valence-electron chi connectivity index (χ0n) is 18.0. The SMILES string of the molecule is COc1ccccc1C1C2=C(CC(C)(C)CC2=O)Nc2nc(SC(C)C)[nH]c(=O)c21. The number of nitrogens with one attached hydrogen (secondary N) is 2. The van der Waals surface area contributed by atoms with Crippen molar-refractivity contribution in [2.75, 3.05) is 12.4 Å². The van der Waals surface area contributed by atoms with Crippen LogP contribution >= 0.6 is 11.8 Å². The Morgan fingerprint density at radius 2 is 1.93 bits per heavy atom. The number of fused-ring (bicyclic) bond motifs is 1. The molecular formula is C23H27N3O3S. The van der Waals surface area contributed by atoms with Gasteiger partial charge in [-0.25, -0.2) is 4.98 Å². The molecule has 2 aliphatic rings. The molecule has 0 amide bonds. The highest BCUT2D eigenvalue weighted by Crippen LogP contribution is 2.49. The lowest BCUT2D eigenvalue weighted by Crippen LogP contribution is -2.37. The number of Topliss-reactive ketones (excluding diaryl/α,β-unsaturated/α-hetero) is 1. The van der Waals surface area contributed by atoms with Crippen molar-refractivity contribution in [3.8, 4) is 5.75 Å². The van der Waals surface area contributed by atoms with Crippen molar-refractivity contribution in [1.82, 2.24) is 9.97 Å². The van der Waals surface area contributed by atoms with Gasteiger partial charge in [0.2, 0.25) is 0 Å². The topological polar surface area (TPSA) is 84.1 Å². The summed E-state index contributed by atoms with van der Waals surface area (Å²) in [7, 11) is 1.60. The summed E-state index contributed by atoms with van der Waals surface area (Å²) in [5.41, 5.74) is 2.42. The van der Waals surface area contributed by atoms with Crippen LogP contribution in [0.1, 0.15) is 57.6 Å². The van der Waals surface area contributed by atoms with E-state index in [1.807, 2.05) is 24.3 Å². The number of ketones is 1. The van der Waals surface area contributed by atoms with E-state index in [0.717, 1.165) is 17.7 Å². The quantitative estimate of drug-likeness (QED) is 0.555. The van der Waals surface area contributed by atoms with E-state index in [9.17, 15) is 9.59 Å². The van der Waals surface area contributed by atoms with E-state index < -0.39 is 5.92 Å². The Balaban J connectivity index is 1.97. The number of nitrogens with zero attached hydrogens (tertiary/aromatic N) is 1. The third kappa shape index (κ3) is 3.67. The first kappa shape index (κ1) is 20.7. The Bertz CT molecular complexity index is 1100. The van der Waals surface area contributed by atoms with Gasteiger partial charge in [-0.3, -0.25) is 9.59 Å². The van der Waals surface area contributed by atoms with Crippen LogP contribution in [0.15, 0.2) is 45.5 Å². The van der Waals surface area contributed by atoms with Crippen LogP contribution in [-0.4, -0.2) is 28.1 Å². The maximum absolute atomic E-state index is 13.3. The summed E-state index contributed by atoms with van der Waals surface area (Å²) in [6, 6.07) is 7.57. The number of hydrogen-bond donors (Lipinski definition) is 2. The van der Waals surface area contributed by atoms with Crippen molar-refractivity contribution in [3.05, 3.63) is 57.0 Å². The highest BCUT2D eigenvalue weighted by atomic mass is 32.2. The van der Waals surface area contributed by atoms with Crippen LogP contribution < -0.4 is 15.6 Å². The number of aromatic amines is 1. The average Bonchev–Trinajstić information content (AvgIpc) is 2.64. The second-order valence-electron chi connectivity index (χ2n) is 8.93. The van der Waals surface area contributed by atoms with Gasteiger partial charge in [-0.2, -0.15) is 0 Å². The normalized spacial score (nSPS) is 19.9. The first-order valence-corrected chi connectivity index (χ1v) is 11.0. The summed E-state index contributed by atoms with van der Waals surface area (Å²) in [4.78, 5) is 34.2. The molecule has 1 aliphatic carbocycles. The standard InChI is InChI=1S/C23H27N3O3S/c1-12(2)30-22-25-20-19(21(28)26-22)17(13-8-6-7-9-16(13)29-5)18-14(24-20)10-23(3,4)11-15(18)27/h6-9,12,17H,10-11H2,1-5H3,(H2,24,25,26,28). The van der Waals surface area contributed by atoms with Crippen molar-refractivity contribution in [3.63, 3.8) is 0 Å². The molecule has 1 aromatic carbocycles. The van der Waals surface area contributed by atoms with Gasteiger partial charge in [-0.05, 0) is 17.9 Å². The molecule has 0 saturated carbocycles. The lowest BCUT2D eigenvalue weighted by molar-refractivity contribution is -0.118. The van der Waals surface area contributed by atoms with Gasteiger partial charge in [0.15, 0.2) is 10.9 Å². The van der Waals surface area contributed by atoms with E-state index in [-0.39, 0.29) is 22.0 Å². The van der Waals surface area contributed by atoms with E-state index in [4.69, 9.17) is 9.72 Å². The van der Waals surface area contributed by atoms with E-state index in [1.54, 1.807) is 7.11 Å². The Labute approximate surface area is 180 Å². The molecule has 1 aliphatic heterocycles. The molecule has 6 nitrogen and oxygen atoms in total. The number of H-pyrrole nitrogens is 1. The van der Waals surface area contributed by atoms with Gasteiger partial charge in [0.05, 0.1) is 18.6 Å². The number of para-hydroxylation sites is 1. The summed E-state index contributed by atoms with van der Waals surface area (Å²) in [5.74, 6) is 0.739. The van der Waals surface area contributed by atoms with E-state index in [0.29, 0.717) is 34.3 Å². The minimum absolute atomic E-state index is 0.0651. The van der Waals surface area contributed by atoms with Crippen LogP contribution in [0.25, 0.3) is 0 Å². The number of rotatable bonds is 4. The summed E-state index contributed by atoms with van der Waals surface area (Å²) >= 11 is 1.51. The first-order chi connectivity index (χ1) is 14.2. The lowest BCUT2D eigenvalue weighted by atomic mass is 9.69. The maximum Gasteiger partial charge on any atom is 0.257 e. The van der Waals surface area contributed by atoms with Crippen LogP contribution in [0.5, 0.6) is 5.75 Å². The number of anilines is 1. The molecule has 1 aromatic heterocycles. The summed E-state index contributed by atoms with van der Waals surface area (Å²) in [6.07, 6.45) is 1.17. The molecule has 0 saturated heterocycles. The van der Waals surface area contributed by atoms with E-state index in [2.05, 4.69) is 38.0 Å². The van der Waals surface area contributed by atoms with Crippen molar-refractivity contribution < 1.29 is 9.53 Å². The lowest BCUT2D eigenvalue weighted by Gasteiger charge is -2.38. The second-order valence-corrected chi connectivity index (χ2v) is 10.5. The third-order valence-electron chi connectivity index (χ3n) is 5.50. The number of thioether (sulfide) groups is 1. The highest BCUT2D eigenvalue weighted by molar-refractivity contribution is 7.99. The fraction of sp³-hybridized carbons (Fsp3) is 0.435. The monoisotopic (exact) mass is 425 g/mol. The van der Waals surface area contributed by atoms with Gasteiger partial charge in [0, 0.05) is 28.5 Å². The Morgan fingerprint density at radius 3 is 2.63 bits per heavy atom. The van der Waals surface area contributed by atoms with Crippen molar-refractivity contribution in [2.24, 2.45) is 5.41 Å². The number of allylic oxidation sites excluding steroid dienone is 2. The Kier molecular flexibility index (Phi) is 5.26. The molecule has 158 valence electrons. The number of carbonyl (C=O) groups is 1. The maximum atomic E-state index is 13.3.